The van der Waals surface area contributed by atoms with Gasteiger partial charge in [-0.25, -0.2) is 9.97 Å². The summed E-state index contributed by atoms with van der Waals surface area (Å²) in [5.41, 5.74) is 0.890. The van der Waals surface area contributed by atoms with Crippen molar-refractivity contribution in [3.8, 4) is 22.9 Å². The van der Waals surface area contributed by atoms with Crippen molar-refractivity contribution in [2.45, 2.75) is 6.92 Å². The Hall–Kier alpha value is -1.82. The molecule has 6 heteroatoms. The Bertz CT molecular complexity index is 634. The van der Waals surface area contributed by atoms with Gasteiger partial charge >= 0.3 is 0 Å². The van der Waals surface area contributed by atoms with E-state index < -0.39 is 0 Å². The first-order valence-corrected chi connectivity index (χ1v) is 7.23. The van der Waals surface area contributed by atoms with Gasteiger partial charge in [-0.05, 0) is 41.1 Å². The van der Waals surface area contributed by atoms with Crippen molar-refractivity contribution < 1.29 is 9.47 Å². The highest BCUT2D eigenvalue weighted by molar-refractivity contribution is 9.10. The Balaban J connectivity index is 2.01. The fourth-order valence-corrected chi connectivity index (χ4v) is 2.57. The maximum atomic E-state index is 5.62. The molecule has 0 saturated carbocycles. The Morgan fingerprint density at radius 3 is 3.00 bits per heavy atom. The molecular formula is C14H14BrN3O2. The van der Waals surface area contributed by atoms with Gasteiger partial charge in [-0.15, -0.1) is 0 Å². The van der Waals surface area contributed by atoms with Crippen LogP contribution >= 0.6 is 15.9 Å². The van der Waals surface area contributed by atoms with Gasteiger partial charge in [0.05, 0.1) is 4.47 Å². The highest BCUT2D eigenvalue weighted by Gasteiger charge is 2.17. The van der Waals surface area contributed by atoms with E-state index in [9.17, 15) is 0 Å². The smallest absolute Gasteiger partial charge is 0.175 e. The third-order valence-corrected chi connectivity index (χ3v) is 3.46. The molecule has 1 aromatic carbocycles. The van der Waals surface area contributed by atoms with Crippen LogP contribution in [0.4, 0.5) is 5.82 Å². The van der Waals surface area contributed by atoms with E-state index in [0.717, 1.165) is 33.9 Å². The Morgan fingerprint density at radius 2 is 2.15 bits per heavy atom. The fraction of sp³-hybridized carbons (Fsp3) is 0.286. The minimum absolute atomic E-state index is 0.557. The second-order valence-corrected chi connectivity index (χ2v) is 5.13. The monoisotopic (exact) mass is 335 g/mol. The van der Waals surface area contributed by atoms with Crippen LogP contribution in [0.3, 0.4) is 0 Å². The Morgan fingerprint density at radius 1 is 1.30 bits per heavy atom. The van der Waals surface area contributed by atoms with E-state index in [1.54, 1.807) is 6.20 Å². The van der Waals surface area contributed by atoms with E-state index in [1.807, 2.05) is 25.1 Å². The second-order valence-electron chi connectivity index (χ2n) is 4.28. The summed E-state index contributed by atoms with van der Waals surface area (Å²) in [7, 11) is 0. The van der Waals surface area contributed by atoms with Crippen LogP contribution in [-0.2, 0) is 0 Å². The van der Waals surface area contributed by atoms with Crippen LogP contribution in [0.5, 0.6) is 11.5 Å². The van der Waals surface area contributed by atoms with Gasteiger partial charge < -0.3 is 14.8 Å². The van der Waals surface area contributed by atoms with Crippen LogP contribution in [0.2, 0.25) is 0 Å². The predicted molar refractivity (Wildman–Crippen MR) is 80.3 cm³/mol. The summed E-state index contributed by atoms with van der Waals surface area (Å²) in [5, 5.41) is 3.18. The lowest BCUT2D eigenvalue weighted by atomic mass is 10.2. The largest absolute Gasteiger partial charge is 0.486 e. The molecule has 2 heterocycles. The van der Waals surface area contributed by atoms with Crippen LogP contribution in [-0.4, -0.2) is 29.7 Å². The van der Waals surface area contributed by atoms with E-state index in [0.29, 0.717) is 19.0 Å². The highest BCUT2D eigenvalue weighted by Crippen LogP contribution is 2.40. The van der Waals surface area contributed by atoms with Gasteiger partial charge in [0.25, 0.3) is 0 Å². The van der Waals surface area contributed by atoms with Gasteiger partial charge in [-0.1, -0.05) is 0 Å². The molecular weight excluding hydrogens is 322 g/mol. The minimum atomic E-state index is 0.557. The number of rotatable bonds is 3. The zero-order valence-electron chi connectivity index (χ0n) is 11.0. The molecule has 0 saturated heterocycles. The normalized spacial score (nSPS) is 13.1. The van der Waals surface area contributed by atoms with E-state index in [2.05, 4.69) is 31.2 Å². The minimum Gasteiger partial charge on any atom is -0.486 e. The quantitative estimate of drug-likeness (QED) is 0.933. The molecule has 0 fully saturated rings. The van der Waals surface area contributed by atoms with Crippen LogP contribution in [0.15, 0.2) is 28.9 Å². The molecule has 104 valence electrons. The maximum Gasteiger partial charge on any atom is 0.175 e. The number of benzene rings is 1. The first kappa shape index (κ1) is 13.2. The van der Waals surface area contributed by atoms with Crippen LogP contribution in [0.1, 0.15) is 6.92 Å². The lowest BCUT2D eigenvalue weighted by Gasteiger charge is -2.20. The van der Waals surface area contributed by atoms with Gasteiger partial charge in [0, 0.05) is 18.3 Å². The SMILES string of the molecule is CCNc1ccnc(-c2cc(Br)c3c(c2)OCCO3)n1. The molecule has 0 aliphatic carbocycles. The number of nitrogens with one attached hydrogen (secondary N) is 1. The zero-order chi connectivity index (χ0) is 13.9. The summed E-state index contributed by atoms with van der Waals surface area (Å²) in [6.45, 7) is 3.97. The summed E-state index contributed by atoms with van der Waals surface area (Å²) in [4.78, 5) is 8.80. The summed E-state index contributed by atoms with van der Waals surface area (Å²) in [6.07, 6.45) is 1.74. The number of nitrogens with zero attached hydrogens (tertiary/aromatic N) is 2. The van der Waals surface area contributed by atoms with Crippen molar-refractivity contribution in [1.82, 2.24) is 9.97 Å². The predicted octanol–water partition coefficient (Wildman–Crippen LogP) is 3.11. The van der Waals surface area contributed by atoms with Crippen molar-refractivity contribution in [2.75, 3.05) is 25.1 Å². The number of halogens is 1. The third kappa shape index (κ3) is 2.56. The molecule has 5 nitrogen and oxygen atoms in total. The number of anilines is 1. The molecule has 0 atom stereocenters. The molecule has 2 aromatic rings. The number of hydrogen-bond acceptors (Lipinski definition) is 5. The van der Waals surface area contributed by atoms with Gasteiger partial charge in [0.15, 0.2) is 17.3 Å². The third-order valence-electron chi connectivity index (χ3n) is 2.87. The van der Waals surface area contributed by atoms with Gasteiger partial charge in [0.1, 0.15) is 19.0 Å². The van der Waals surface area contributed by atoms with Crippen molar-refractivity contribution >= 4 is 21.7 Å². The second kappa shape index (κ2) is 5.66. The summed E-state index contributed by atoms with van der Waals surface area (Å²) in [6, 6.07) is 5.70. The zero-order valence-corrected chi connectivity index (χ0v) is 12.6. The molecule has 0 amide bonds. The summed E-state index contributed by atoms with van der Waals surface area (Å²) < 4.78 is 12.0. The first-order chi connectivity index (χ1) is 9.78. The Kier molecular flexibility index (Phi) is 3.73. The average Bonchev–Trinajstić information content (AvgIpc) is 2.48. The number of ether oxygens (including phenoxy) is 2. The van der Waals surface area contributed by atoms with Crippen molar-refractivity contribution in [3.63, 3.8) is 0 Å². The molecule has 20 heavy (non-hydrogen) atoms. The van der Waals surface area contributed by atoms with E-state index >= 15 is 0 Å². The number of aromatic nitrogens is 2. The Labute approximate surface area is 125 Å². The topological polar surface area (TPSA) is 56.3 Å². The molecule has 1 aliphatic heterocycles. The molecule has 0 unspecified atom stereocenters. The molecule has 3 rings (SSSR count). The molecule has 1 aliphatic rings. The number of hydrogen-bond donors (Lipinski definition) is 1. The standard InChI is InChI=1S/C14H14BrN3O2/c1-2-16-12-3-4-17-14(18-12)9-7-10(15)13-11(8-9)19-5-6-20-13/h3-4,7-8H,2,5-6H2,1H3,(H,16,17,18). The van der Waals surface area contributed by atoms with Gasteiger partial charge in [-0.3, -0.25) is 0 Å². The van der Waals surface area contributed by atoms with Crippen molar-refractivity contribution in [2.24, 2.45) is 0 Å². The number of fused-ring (bicyclic) bond motifs is 1. The summed E-state index contributed by atoms with van der Waals surface area (Å²) >= 11 is 3.50. The highest BCUT2D eigenvalue weighted by atomic mass is 79.9. The van der Waals surface area contributed by atoms with E-state index in [-0.39, 0.29) is 0 Å². The molecule has 0 spiro atoms. The molecule has 1 N–H and O–H groups in total. The molecule has 1 aromatic heterocycles. The van der Waals surface area contributed by atoms with E-state index in [1.165, 1.54) is 0 Å². The summed E-state index contributed by atoms with van der Waals surface area (Å²) in [5.74, 6) is 2.92. The fourth-order valence-electron chi connectivity index (χ4n) is 2.02. The van der Waals surface area contributed by atoms with Crippen LogP contribution in [0, 0.1) is 0 Å². The van der Waals surface area contributed by atoms with Gasteiger partial charge in [0.2, 0.25) is 0 Å². The first-order valence-electron chi connectivity index (χ1n) is 6.44. The van der Waals surface area contributed by atoms with Crippen LogP contribution < -0.4 is 14.8 Å². The van der Waals surface area contributed by atoms with Gasteiger partial charge in [-0.2, -0.15) is 0 Å². The van der Waals surface area contributed by atoms with E-state index in [4.69, 9.17) is 9.47 Å². The molecule has 0 radical (unpaired) electrons. The van der Waals surface area contributed by atoms with Crippen molar-refractivity contribution in [1.29, 1.82) is 0 Å². The van der Waals surface area contributed by atoms with Crippen LogP contribution in [0.25, 0.3) is 11.4 Å². The average molecular weight is 336 g/mol. The molecule has 0 bridgehead atoms. The van der Waals surface area contributed by atoms with Crippen molar-refractivity contribution in [3.05, 3.63) is 28.9 Å². The lowest BCUT2D eigenvalue weighted by Crippen LogP contribution is -2.15. The maximum absolute atomic E-state index is 5.62. The lowest BCUT2D eigenvalue weighted by molar-refractivity contribution is 0.170.